The highest BCUT2D eigenvalue weighted by Gasteiger charge is 2.36. The maximum Gasteiger partial charge on any atom is 0.217 e. The maximum absolute atomic E-state index is 11.3. The van der Waals surface area contributed by atoms with Crippen LogP contribution in [-0.4, -0.2) is 73.4 Å². The fraction of sp³-hybridized carbons (Fsp3) is 0.917. The van der Waals surface area contributed by atoms with Crippen LogP contribution in [0.1, 0.15) is 20.8 Å². The molecule has 0 aromatic rings. The van der Waals surface area contributed by atoms with Gasteiger partial charge in [0, 0.05) is 6.92 Å². The van der Waals surface area contributed by atoms with Gasteiger partial charge in [-0.05, 0) is 11.5 Å². The number of amides is 1. The third-order valence-corrected chi connectivity index (χ3v) is 5.35. The molecule has 4 atom stereocenters. The molecule has 8 heteroatoms. The topological polar surface area (TPSA) is 110 Å². The van der Waals surface area contributed by atoms with Gasteiger partial charge in [0.05, 0.1) is 17.2 Å². The van der Waals surface area contributed by atoms with E-state index in [1.165, 1.54) is 6.92 Å². The Morgan fingerprint density at radius 1 is 1.10 bits per heavy atom. The first-order valence-electron chi connectivity index (χ1n) is 6.54. The number of aliphatic hydroxyl groups excluding tert-OH is 4. The summed E-state index contributed by atoms with van der Waals surface area (Å²) in [6.07, 6.45) is -4.32. The molecule has 0 unspecified atom stereocenters. The lowest BCUT2D eigenvalue weighted by molar-refractivity contribution is -0.123. The van der Waals surface area contributed by atoms with Crippen molar-refractivity contribution in [3.63, 3.8) is 0 Å². The molecule has 0 aliphatic rings. The van der Waals surface area contributed by atoms with Gasteiger partial charge in [-0.2, -0.15) is 0 Å². The summed E-state index contributed by atoms with van der Waals surface area (Å²) in [5.74, 6) is 1.26. The zero-order chi connectivity index (χ0) is 15.7. The average molecular weight is 327 g/mol. The van der Waals surface area contributed by atoms with Crippen LogP contribution in [0.15, 0.2) is 0 Å². The van der Waals surface area contributed by atoms with Gasteiger partial charge in [0.25, 0.3) is 0 Å². The van der Waals surface area contributed by atoms with Crippen LogP contribution in [0.25, 0.3) is 0 Å². The molecule has 120 valence electrons. The van der Waals surface area contributed by atoms with Crippen molar-refractivity contribution < 1.29 is 25.2 Å². The Labute approximate surface area is 128 Å². The Morgan fingerprint density at radius 3 is 1.95 bits per heavy atom. The second-order valence-electron chi connectivity index (χ2n) is 4.24. The fourth-order valence-corrected chi connectivity index (χ4v) is 4.41. The first-order valence-corrected chi connectivity index (χ1v) is 8.64. The minimum absolute atomic E-state index is 0.149. The first kappa shape index (κ1) is 20.0. The summed E-state index contributed by atoms with van der Waals surface area (Å²) in [5.41, 5.74) is 0. The monoisotopic (exact) mass is 327 g/mol. The van der Waals surface area contributed by atoms with Gasteiger partial charge in [0.15, 0.2) is 0 Å². The highest BCUT2D eigenvalue weighted by Crippen LogP contribution is 2.29. The van der Waals surface area contributed by atoms with E-state index in [4.69, 9.17) is 5.11 Å². The molecule has 0 heterocycles. The summed E-state index contributed by atoms with van der Waals surface area (Å²) in [7, 11) is 0. The van der Waals surface area contributed by atoms with Crippen LogP contribution in [0.4, 0.5) is 0 Å². The minimum Gasteiger partial charge on any atom is -0.394 e. The van der Waals surface area contributed by atoms with Crippen LogP contribution in [0, 0.1) is 0 Å². The third-order valence-electron chi connectivity index (χ3n) is 2.62. The van der Waals surface area contributed by atoms with E-state index in [-0.39, 0.29) is 10.5 Å². The van der Waals surface area contributed by atoms with Gasteiger partial charge in [-0.3, -0.25) is 4.79 Å². The van der Waals surface area contributed by atoms with Crippen molar-refractivity contribution in [2.24, 2.45) is 0 Å². The number of carbonyl (C=O) groups excluding carboxylic acids is 1. The molecule has 0 aromatic heterocycles. The molecule has 20 heavy (non-hydrogen) atoms. The zero-order valence-corrected chi connectivity index (χ0v) is 13.7. The van der Waals surface area contributed by atoms with E-state index in [1.54, 1.807) is 23.5 Å². The molecule has 0 saturated heterocycles. The summed E-state index contributed by atoms with van der Waals surface area (Å²) in [4.78, 5) is 11.3. The van der Waals surface area contributed by atoms with Crippen molar-refractivity contribution in [3.8, 4) is 0 Å². The summed E-state index contributed by atoms with van der Waals surface area (Å²) < 4.78 is -0.149. The maximum atomic E-state index is 11.3. The van der Waals surface area contributed by atoms with Crippen LogP contribution in [0.3, 0.4) is 0 Å². The molecule has 5 N–H and O–H groups in total. The summed E-state index contributed by atoms with van der Waals surface area (Å²) in [6, 6.07) is -0.710. The molecule has 0 aliphatic heterocycles. The second kappa shape index (κ2) is 10.7. The normalized spacial score (nSPS) is 17.6. The van der Waals surface area contributed by atoms with Gasteiger partial charge in [-0.1, -0.05) is 13.8 Å². The predicted molar refractivity (Wildman–Crippen MR) is 82.8 cm³/mol. The van der Waals surface area contributed by atoms with Gasteiger partial charge >= 0.3 is 0 Å². The molecule has 0 aromatic carbocycles. The van der Waals surface area contributed by atoms with Crippen LogP contribution in [-0.2, 0) is 4.79 Å². The van der Waals surface area contributed by atoms with E-state index in [0.717, 1.165) is 11.5 Å². The molecule has 0 bridgehead atoms. The predicted octanol–water partition coefficient (Wildman–Crippen LogP) is -0.602. The molecular weight excluding hydrogens is 302 g/mol. The van der Waals surface area contributed by atoms with Gasteiger partial charge < -0.3 is 25.7 Å². The molecule has 0 rings (SSSR count). The Bertz CT molecular complexity index is 277. The van der Waals surface area contributed by atoms with E-state index < -0.39 is 31.0 Å². The van der Waals surface area contributed by atoms with Crippen molar-refractivity contribution in [2.75, 3.05) is 18.1 Å². The number of nitrogens with one attached hydrogen (secondary N) is 1. The number of carbonyl (C=O) groups is 1. The third kappa shape index (κ3) is 6.64. The molecule has 0 radical (unpaired) electrons. The number of rotatable bonds is 10. The van der Waals surface area contributed by atoms with Gasteiger partial charge in [-0.15, -0.1) is 23.5 Å². The highest BCUT2D eigenvalue weighted by atomic mass is 32.2. The number of thioether (sulfide) groups is 2. The zero-order valence-electron chi connectivity index (χ0n) is 12.0. The van der Waals surface area contributed by atoms with Crippen molar-refractivity contribution in [2.45, 2.75) is 49.7 Å². The Morgan fingerprint density at radius 2 is 1.60 bits per heavy atom. The average Bonchev–Trinajstić information content (AvgIpc) is 2.42. The van der Waals surface area contributed by atoms with Crippen LogP contribution < -0.4 is 5.32 Å². The summed E-state index contributed by atoms with van der Waals surface area (Å²) in [5, 5.41) is 40.9. The lowest BCUT2D eigenvalue weighted by atomic mass is 10.0. The largest absolute Gasteiger partial charge is 0.394 e. The van der Waals surface area contributed by atoms with Gasteiger partial charge in [-0.25, -0.2) is 0 Å². The quantitative estimate of drug-likeness (QED) is 0.341. The number of hydrogen-bond acceptors (Lipinski definition) is 7. The van der Waals surface area contributed by atoms with Gasteiger partial charge in [0.1, 0.15) is 18.3 Å². The lowest BCUT2D eigenvalue weighted by Gasteiger charge is -2.34. The highest BCUT2D eigenvalue weighted by molar-refractivity contribution is 8.17. The molecule has 0 aliphatic carbocycles. The SMILES string of the molecule is CCSC(SCC)[C@H](NC(C)=O)[C@@H](O)[C@@H](O)[C@H](O)CO. The molecule has 0 fully saturated rings. The van der Waals surface area contributed by atoms with Crippen molar-refractivity contribution in [1.82, 2.24) is 5.32 Å². The molecule has 0 saturated carbocycles. The Balaban J connectivity index is 5.03. The van der Waals surface area contributed by atoms with E-state index in [1.807, 2.05) is 13.8 Å². The van der Waals surface area contributed by atoms with Crippen molar-refractivity contribution in [1.29, 1.82) is 0 Å². The van der Waals surface area contributed by atoms with E-state index in [9.17, 15) is 20.1 Å². The van der Waals surface area contributed by atoms with E-state index in [0.29, 0.717) is 0 Å². The molecule has 6 nitrogen and oxygen atoms in total. The lowest BCUT2D eigenvalue weighted by Crippen LogP contribution is -2.55. The minimum atomic E-state index is -1.52. The molecule has 0 spiro atoms. The van der Waals surface area contributed by atoms with Crippen LogP contribution in [0.5, 0.6) is 0 Å². The summed E-state index contributed by atoms with van der Waals surface area (Å²) >= 11 is 3.10. The molecular formula is C12H25NO5S2. The standard InChI is InChI=1S/C12H25NO5S2/c1-4-19-12(20-5-2)9(13-7(3)15)11(18)10(17)8(16)6-14/h8-12,14,16-18H,4-6H2,1-3H3,(H,13,15)/t8-,9-,10+,11-/m1/s1. The van der Waals surface area contributed by atoms with E-state index >= 15 is 0 Å². The van der Waals surface area contributed by atoms with Crippen LogP contribution >= 0.6 is 23.5 Å². The van der Waals surface area contributed by atoms with Crippen LogP contribution in [0.2, 0.25) is 0 Å². The van der Waals surface area contributed by atoms with Crippen molar-refractivity contribution in [3.05, 3.63) is 0 Å². The van der Waals surface area contributed by atoms with Gasteiger partial charge in [0.2, 0.25) is 5.91 Å². The van der Waals surface area contributed by atoms with E-state index in [2.05, 4.69) is 5.32 Å². The Hall–Kier alpha value is 0.01000. The summed E-state index contributed by atoms with van der Waals surface area (Å²) in [6.45, 7) is 4.60. The van der Waals surface area contributed by atoms with Crippen molar-refractivity contribution >= 4 is 29.4 Å². The number of hydrogen-bond donors (Lipinski definition) is 5. The first-order chi connectivity index (χ1) is 9.38. The number of aliphatic hydroxyl groups is 4. The molecule has 1 amide bonds. The fourth-order valence-electron chi connectivity index (χ4n) is 1.68. The Kier molecular flexibility index (Phi) is 10.7. The smallest absolute Gasteiger partial charge is 0.217 e. The second-order valence-corrected chi connectivity index (χ2v) is 7.37.